The van der Waals surface area contributed by atoms with E-state index in [0.29, 0.717) is 12.8 Å². The van der Waals surface area contributed by atoms with Gasteiger partial charge in [-0.25, -0.2) is 4.79 Å². The van der Waals surface area contributed by atoms with Crippen molar-refractivity contribution in [3.8, 4) is 0 Å². The predicted octanol–water partition coefficient (Wildman–Crippen LogP) is 1.79. The first kappa shape index (κ1) is 18.2. The molecule has 5 nitrogen and oxygen atoms in total. The van der Waals surface area contributed by atoms with Gasteiger partial charge < -0.3 is 15.4 Å². The topological polar surface area (TPSA) is 67.4 Å². The molecular formula is C15H27ClN2O3. The summed E-state index contributed by atoms with van der Waals surface area (Å²) in [6, 6.07) is 0. The van der Waals surface area contributed by atoms with Gasteiger partial charge in [0.05, 0.1) is 13.7 Å². The summed E-state index contributed by atoms with van der Waals surface area (Å²) in [6.45, 7) is 1.19. The number of hydrogen-bond donors (Lipinski definition) is 2. The van der Waals surface area contributed by atoms with Gasteiger partial charge in [0, 0.05) is 0 Å². The number of ether oxygens (including phenoxy) is 1. The number of halogens is 1. The summed E-state index contributed by atoms with van der Waals surface area (Å²) in [5.74, 6) is 0.350. The van der Waals surface area contributed by atoms with Gasteiger partial charge >= 0.3 is 5.97 Å². The summed E-state index contributed by atoms with van der Waals surface area (Å²) in [6.07, 6.45) is 8.07. The van der Waals surface area contributed by atoms with Crippen molar-refractivity contribution in [1.29, 1.82) is 0 Å². The molecule has 0 heterocycles. The van der Waals surface area contributed by atoms with Gasteiger partial charge in [-0.2, -0.15) is 0 Å². The molecule has 2 aliphatic rings. The molecule has 1 amide bonds. The highest BCUT2D eigenvalue weighted by molar-refractivity contribution is 5.88. The van der Waals surface area contributed by atoms with Crippen molar-refractivity contribution in [3.63, 3.8) is 0 Å². The molecule has 2 saturated carbocycles. The lowest BCUT2D eigenvalue weighted by molar-refractivity contribution is -0.151. The lowest BCUT2D eigenvalue weighted by Crippen LogP contribution is -2.56. The molecule has 0 aromatic heterocycles. The zero-order chi connectivity index (χ0) is 14.4. The third-order valence-electron chi connectivity index (χ3n) is 4.33. The summed E-state index contributed by atoms with van der Waals surface area (Å²) in [5.41, 5.74) is -0.802. The molecule has 6 heteroatoms. The Morgan fingerprint density at radius 1 is 1.14 bits per heavy atom. The van der Waals surface area contributed by atoms with E-state index >= 15 is 0 Å². The SMILES string of the molecule is COC(=O)C1(NC(=O)CNCC2CC2)CCCCCC1.Cl. The molecule has 0 aliphatic heterocycles. The number of carbonyl (C=O) groups is 2. The molecule has 2 rings (SSSR count). The fourth-order valence-electron chi connectivity index (χ4n) is 2.93. The minimum absolute atomic E-state index is 0. The summed E-state index contributed by atoms with van der Waals surface area (Å²) >= 11 is 0. The molecule has 122 valence electrons. The third kappa shape index (κ3) is 5.47. The minimum atomic E-state index is -0.802. The number of nitrogens with one attached hydrogen (secondary N) is 2. The Kier molecular flexibility index (Phi) is 7.46. The maximum atomic E-state index is 12.1. The first-order valence-electron chi connectivity index (χ1n) is 7.76. The first-order chi connectivity index (χ1) is 9.66. The van der Waals surface area contributed by atoms with Crippen molar-refractivity contribution < 1.29 is 14.3 Å². The average molecular weight is 319 g/mol. The number of rotatable bonds is 6. The van der Waals surface area contributed by atoms with E-state index in [1.807, 2.05) is 0 Å². The molecule has 0 radical (unpaired) electrons. The van der Waals surface area contributed by atoms with Crippen molar-refractivity contribution in [1.82, 2.24) is 10.6 Å². The fourth-order valence-corrected chi connectivity index (χ4v) is 2.93. The van der Waals surface area contributed by atoms with Gasteiger partial charge in [-0.3, -0.25) is 4.79 Å². The molecule has 0 unspecified atom stereocenters. The molecule has 2 N–H and O–H groups in total. The Bertz CT molecular complexity index is 351. The number of amides is 1. The largest absolute Gasteiger partial charge is 0.467 e. The molecule has 0 aromatic rings. The summed E-state index contributed by atoms with van der Waals surface area (Å²) in [5, 5.41) is 6.10. The smallest absolute Gasteiger partial charge is 0.331 e. The molecular weight excluding hydrogens is 292 g/mol. The Morgan fingerprint density at radius 3 is 2.29 bits per heavy atom. The zero-order valence-corrected chi connectivity index (χ0v) is 13.6. The molecule has 2 fully saturated rings. The number of esters is 1. The Hall–Kier alpha value is -0.810. The van der Waals surface area contributed by atoms with Gasteiger partial charge in [0.2, 0.25) is 5.91 Å². The minimum Gasteiger partial charge on any atom is -0.467 e. The third-order valence-corrected chi connectivity index (χ3v) is 4.33. The van der Waals surface area contributed by atoms with Crippen molar-refractivity contribution in [3.05, 3.63) is 0 Å². The van der Waals surface area contributed by atoms with Crippen LogP contribution in [0, 0.1) is 5.92 Å². The number of methoxy groups -OCH3 is 1. The van der Waals surface area contributed by atoms with Crippen LogP contribution in [0.15, 0.2) is 0 Å². The van der Waals surface area contributed by atoms with Crippen LogP contribution in [0.3, 0.4) is 0 Å². The van der Waals surface area contributed by atoms with E-state index in [2.05, 4.69) is 10.6 Å². The van der Waals surface area contributed by atoms with Crippen LogP contribution in [0.5, 0.6) is 0 Å². The number of carbonyl (C=O) groups excluding carboxylic acids is 2. The highest BCUT2D eigenvalue weighted by Gasteiger charge is 2.40. The Labute approximate surface area is 133 Å². The quantitative estimate of drug-likeness (QED) is 0.579. The van der Waals surface area contributed by atoms with Crippen LogP contribution in [-0.2, 0) is 14.3 Å². The summed E-state index contributed by atoms with van der Waals surface area (Å²) in [7, 11) is 1.40. The van der Waals surface area contributed by atoms with E-state index < -0.39 is 5.54 Å². The molecule has 0 saturated heterocycles. The van der Waals surface area contributed by atoms with Crippen LogP contribution in [0.1, 0.15) is 51.4 Å². The van der Waals surface area contributed by atoms with Crippen LogP contribution in [0.25, 0.3) is 0 Å². The Morgan fingerprint density at radius 2 is 1.76 bits per heavy atom. The molecule has 0 spiro atoms. The van der Waals surface area contributed by atoms with Crippen molar-refractivity contribution in [2.24, 2.45) is 5.92 Å². The van der Waals surface area contributed by atoms with Crippen LogP contribution >= 0.6 is 12.4 Å². The second-order valence-electron chi connectivity index (χ2n) is 6.11. The van der Waals surface area contributed by atoms with Crippen LogP contribution < -0.4 is 10.6 Å². The normalized spacial score (nSPS) is 20.8. The number of hydrogen-bond acceptors (Lipinski definition) is 4. The molecule has 2 aliphatic carbocycles. The Balaban J connectivity index is 0.00000220. The highest BCUT2D eigenvalue weighted by atomic mass is 35.5. The standard InChI is InChI=1S/C15H26N2O3.ClH/c1-20-14(19)15(8-4-2-3-5-9-15)17-13(18)11-16-10-12-6-7-12;/h12,16H,2-11H2,1H3,(H,17,18);1H. The fraction of sp³-hybridized carbons (Fsp3) is 0.867. The maximum Gasteiger partial charge on any atom is 0.331 e. The van der Waals surface area contributed by atoms with Gasteiger partial charge in [0.1, 0.15) is 5.54 Å². The van der Waals surface area contributed by atoms with Crippen molar-refractivity contribution in [2.45, 2.75) is 56.9 Å². The van der Waals surface area contributed by atoms with Gasteiger partial charge in [-0.1, -0.05) is 25.7 Å². The summed E-state index contributed by atoms with van der Waals surface area (Å²) in [4.78, 5) is 24.2. The molecule has 0 atom stereocenters. The van der Waals surface area contributed by atoms with Crippen molar-refractivity contribution >= 4 is 24.3 Å². The zero-order valence-electron chi connectivity index (χ0n) is 12.8. The first-order valence-corrected chi connectivity index (χ1v) is 7.76. The van der Waals surface area contributed by atoms with Crippen molar-refractivity contribution in [2.75, 3.05) is 20.2 Å². The highest BCUT2D eigenvalue weighted by Crippen LogP contribution is 2.29. The van der Waals surface area contributed by atoms with E-state index in [1.54, 1.807) is 0 Å². The second-order valence-corrected chi connectivity index (χ2v) is 6.11. The maximum absolute atomic E-state index is 12.1. The molecule has 0 bridgehead atoms. The van der Waals surface area contributed by atoms with Gasteiger partial charge in [0.25, 0.3) is 0 Å². The predicted molar refractivity (Wildman–Crippen MR) is 83.4 cm³/mol. The van der Waals surface area contributed by atoms with Gasteiger partial charge in [0.15, 0.2) is 0 Å². The summed E-state index contributed by atoms with van der Waals surface area (Å²) < 4.78 is 4.93. The van der Waals surface area contributed by atoms with E-state index in [-0.39, 0.29) is 30.8 Å². The lowest BCUT2D eigenvalue weighted by atomic mass is 9.90. The lowest BCUT2D eigenvalue weighted by Gasteiger charge is -2.31. The molecule has 21 heavy (non-hydrogen) atoms. The van der Waals surface area contributed by atoms with Crippen LogP contribution in [0.2, 0.25) is 0 Å². The van der Waals surface area contributed by atoms with E-state index in [4.69, 9.17) is 4.74 Å². The second kappa shape index (κ2) is 8.59. The van der Waals surface area contributed by atoms with Gasteiger partial charge in [-0.05, 0) is 38.1 Å². The van der Waals surface area contributed by atoms with Crippen LogP contribution in [0.4, 0.5) is 0 Å². The van der Waals surface area contributed by atoms with E-state index in [9.17, 15) is 9.59 Å². The average Bonchev–Trinajstić information content (AvgIpc) is 3.25. The van der Waals surface area contributed by atoms with Gasteiger partial charge in [-0.15, -0.1) is 12.4 Å². The molecule has 0 aromatic carbocycles. The monoisotopic (exact) mass is 318 g/mol. The van der Waals surface area contributed by atoms with E-state index in [0.717, 1.165) is 38.1 Å². The van der Waals surface area contributed by atoms with E-state index in [1.165, 1.54) is 20.0 Å². The van der Waals surface area contributed by atoms with Crippen LogP contribution in [-0.4, -0.2) is 37.6 Å².